The minimum atomic E-state index is -0.516. The molecule has 0 aliphatic rings. The Morgan fingerprint density at radius 1 is 1.50 bits per heavy atom. The second-order valence-electron chi connectivity index (χ2n) is 3.10. The van der Waals surface area contributed by atoms with Crippen molar-refractivity contribution in [3.63, 3.8) is 0 Å². The number of hydrogen-bond acceptors (Lipinski definition) is 4. The topological polar surface area (TPSA) is 47.6 Å². The van der Waals surface area contributed by atoms with Gasteiger partial charge in [-0.1, -0.05) is 24.8 Å². The summed E-state index contributed by atoms with van der Waals surface area (Å²) in [6.45, 7) is 3.61. The van der Waals surface area contributed by atoms with E-state index in [1.54, 1.807) is 7.11 Å². The third-order valence-corrected chi connectivity index (χ3v) is 1.84. The van der Waals surface area contributed by atoms with Crippen LogP contribution in [0.3, 0.4) is 0 Å². The molecule has 0 amide bonds. The van der Waals surface area contributed by atoms with Gasteiger partial charge in [0.2, 0.25) is 0 Å². The van der Waals surface area contributed by atoms with E-state index in [-0.39, 0.29) is 6.61 Å². The van der Waals surface area contributed by atoms with Crippen molar-refractivity contribution in [3.05, 3.63) is 43.0 Å². The molecule has 4 heteroatoms. The predicted octanol–water partition coefficient (Wildman–Crippen LogP) is 1.80. The minimum absolute atomic E-state index is 0.272. The van der Waals surface area contributed by atoms with Crippen LogP contribution in [-0.4, -0.2) is 25.9 Å². The highest BCUT2D eigenvalue weighted by Gasteiger charge is 2.11. The lowest BCUT2D eigenvalue weighted by atomic mass is 10.3. The van der Waals surface area contributed by atoms with Crippen LogP contribution in [0.1, 0.15) is 0 Å². The van der Waals surface area contributed by atoms with Crippen LogP contribution in [0.15, 0.2) is 43.0 Å². The number of nitrogens with one attached hydrogen (secondary N) is 1. The number of ether oxygens (including phenoxy) is 2. The van der Waals surface area contributed by atoms with Gasteiger partial charge in [-0.2, -0.15) is 0 Å². The molecule has 1 rings (SSSR count). The van der Waals surface area contributed by atoms with Gasteiger partial charge in [-0.15, -0.1) is 0 Å². The van der Waals surface area contributed by atoms with Crippen LogP contribution in [0.25, 0.3) is 0 Å². The first-order chi connectivity index (χ1) is 7.76. The lowest BCUT2D eigenvalue weighted by Crippen LogP contribution is -2.30. The summed E-state index contributed by atoms with van der Waals surface area (Å²) in [5.74, 6) is -0.481. The van der Waals surface area contributed by atoms with E-state index in [1.165, 1.54) is 0 Å². The summed E-state index contributed by atoms with van der Waals surface area (Å²) >= 11 is 0. The van der Waals surface area contributed by atoms with E-state index in [4.69, 9.17) is 9.47 Å². The van der Waals surface area contributed by atoms with Crippen molar-refractivity contribution in [2.24, 2.45) is 0 Å². The maximum atomic E-state index is 11.1. The van der Waals surface area contributed by atoms with Crippen molar-refractivity contribution >= 4 is 11.7 Å². The maximum Gasteiger partial charge on any atom is 0.332 e. The van der Waals surface area contributed by atoms with Crippen molar-refractivity contribution in [2.75, 3.05) is 19.0 Å². The summed E-state index contributed by atoms with van der Waals surface area (Å²) in [5, 5.41) is 3.03. The smallest absolute Gasteiger partial charge is 0.332 e. The standard InChI is InChI=1S/C12H15NO3/c1-3-12(14)16-11(9-15-2)13-10-7-5-4-6-8-10/h3-8,11,13H,1,9H2,2H3. The Morgan fingerprint density at radius 3 is 2.75 bits per heavy atom. The van der Waals surface area contributed by atoms with E-state index < -0.39 is 12.2 Å². The summed E-state index contributed by atoms with van der Waals surface area (Å²) < 4.78 is 10.00. The molecular formula is C12H15NO3. The van der Waals surface area contributed by atoms with Crippen LogP contribution >= 0.6 is 0 Å². The number of esters is 1. The molecule has 0 bridgehead atoms. The highest BCUT2D eigenvalue weighted by atomic mass is 16.6. The predicted molar refractivity (Wildman–Crippen MR) is 62.0 cm³/mol. The highest BCUT2D eigenvalue weighted by molar-refractivity contribution is 5.81. The van der Waals surface area contributed by atoms with Gasteiger partial charge in [-0.25, -0.2) is 4.79 Å². The fourth-order valence-electron chi connectivity index (χ4n) is 1.17. The van der Waals surface area contributed by atoms with Crippen molar-refractivity contribution in [1.82, 2.24) is 0 Å². The highest BCUT2D eigenvalue weighted by Crippen LogP contribution is 2.08. The zero-order valence-corrected chi connectivity index (χ0v) is 9.18. The van der Waals surface area contributed by atoms with Crippen LogP contribution in [0.2, 0.25) is 0 Å². The second-order valence-corrected chi connectivity index (χ2v) is 3.10. The Kier molecular flexibility index (Phi) is 5.08. The van der Waals surface area contributed by atoms with Gasteiger partial charge in [0.05, 0.1) is 0 Å². The molecule has 16 heavy (non-hydrogen) atoms. The van der Waals surface area contributed by atoms with Crippen LogP contribution in [0.5, 0.6) is 0 Å². The summed E-state index contributed by atoms with van der Waals surface area (Å²) in [4.78, 5) is 11.1. The van der Waals surface area contributed by atoms with Crippen molar-refractivity contribution in [1.29, 1.82) is 0 Å². The summed E-state index contributed by atoms with van der Waals surface area (Å²) in [6.07, 6.45) is 0.605. The molecule has 0 saturated heterocycles. The maximum absolute atomic E-state index is 11.1. The molecule has 1 aromatic rings. The average Bonchev–Trinajstić information content (AvgIpc) is 2.30. The fraction of sp³-hybridized carbons (Fsp3) is 0.250. The quantitative estimate of drug-likeness (QED) is 0.452. The number of anilines is 1. The fourth-order valence-corrected chi connectivity index (χ4v) is 1.17. The number of para-hydroxylation sites is 1. The third-order valence-electron chi connectivity index (χ3n) is 1.84. The normalized spacial score (nSPS) is 11.6. The van der Waals surface area contributed by atoms with Crippen molar-refractivity contribution < 1.29 is 14.3 Å². The second kappa shape index (κ2) is 6.63. The van der Waals surface area contributed by atoms with Gasteiger partial charge in [0.15, 0.2) is 6.23 Å². The van der Waals surface area contributed by atoms with Crippen molar-refractivity contribution in [2.45, 2.75) is 6.23 Å². The van der Waals surface area contributed by atoms with Gasteiger partial charge in [-0.05, 0) is 12.1 Å². The van der Waals surface area contributed by atoms with Crippen LogP contribution in [-0.2, 0) is 14.3 Å². The number of benzene rings is 1. The first-order valence-electron chi connectivity index (χ1n) is 4.90. The Bertz CT molecular complexity index is 337. The first-order valence-corrected chi connectivity index (χ1v) is 4.90. The minimum Gasteiger partial charge on any atom is -0.436 e. The molecule has 0 aliphatic carbocycles. The average molecular weight is 221 g/mol. The zero-order valence-electron chi connectivity index (χ0n) is 9.18. The largest absolute Gasteiger partial charge is 0.436 e. The molecule has 4 nitrogen and oxygen atoms in total. The van der Waals surface area contributed by atoms with Gasteiger partial charge < -0.3 is 14.8 Å². The molecule has 0 radical (unpaired) electrons. The molecule has 1 unspecified atom stereocenters. The molecular weight excluding hydrogens is 206 g/mol. The molecule has 0 aliphatic heterocycles. The third kappa shape index (κ3) is 4.14. The number of carbonyl (C=O) groups is 1. The first kappa shape index (κ1) is 12.3. The molecule has 1 N–H and O–H groups in total. The molecule has 1 aromatic carbocycles. The molecule has 86 valence electrons. The van der Waals surface area contributed by atoms with E-state index in [2.05, 4.69) is 11.9 Å². The monoisotopic (exact) mass is 221 g/mol. The number of rotatable bonds is 6. The van der Waals surface area contributed by atoms with Crippen LogP contribution in [0, 0.1) is 0 Å². The summed E-state index contributed by atoms with van der Waals surface area (Å²) in [5.41, 5.74) is 0.862. The molecule has 0 spiro atoms. The Balaban J connectivity index is 2.57. The van der Waals surface area contributed by atoms with Crippen molar-refractivity contribution in [3.8, 4) is 0 Å². The van der Waals surface area contributed by atoms with Gasteiger partial charge in [0.1, 0.15) is 6.61 Å². The Morgan fingerprint density at radius 2 is 2.19 bits per heavy atom. The summed E-state index contributed by atoms with van der Waals surface area (Å²) in [6, 6.07) is 9.45. The van der Waals surface area contributed by atoms with E-state index in [9.17, 15) is 4.79 Å². The Hall–Kier alpha value is -1.81. The van der Waals surface area contributed by atoms with Gasteiger partial charge in [0.25, 0.3) is 0 Å². The summed E-state index contributed by atoms with van der Waals surface area (Å²) in [7, 11) is 1.54. The van der Waals surface area contributed by atoms with E-state index in [1.807, 2.05) is 30.3 Å². The van der Waals surface area contributed by atoms with Gasteiger partial charge in [0, 0.05) is 18.9 Å². The molecule has 0 heterocycles. The molecule has 1 atom stereocenters. The van der Waals surface area contributed by atoms with Gasteiger partial charge in [-0.3, -0.25) is 0 Å². The lowest BCUT2D eigenvalue weighted by Gasteiger charge is -2.18. The zero-order chi connectivity index (χ0) is 11.8. The van der Waals surface area contributed by atoms with Gasteiger partial charge >= 0.3 is 5.97 Å². The van der Waals surface area contributed by atoms with E-state index in [0.29, 0.717) is 0 Å². The van der Waals surface area contributed by atoms with E-state index >= 15 is 0 Å². The number of hydrogen-bond donors (Lipinski definition) is 1. The molecule has 0 saturated carbocycles. The lowest BCUT2D eigenvalue weighted by molar-refractivity contribution is -0.143. The molecule has 0 fully saturated rings. The number of methoxy groups -OCH3 is 1. The van der Waals surface area contributed by atoms with E-state index in [0.717, 1.165) is 11.8 Å². The Labute approximate surface area is 94.9 Å². The van der Waals surface area contributed by atoms with Crippen LogP contribution in [0.4, 0.5) is 5.69 Å². The molecule has 0 aromatic heterocycles. The number of carbonyl (C=O) groups excluding carboxylic acids is 1. The van der Waals surface area contributed by atoms with Crippen LogP contribution < -0.4 is 5.32 Å². The SMILES string of the molecule is C=CC(=O)OC(COC)Nc1ccccc1.